The van der Waals surface area contributed by atoms with Crippen LogP contribution in [-0.2, 0) is 17.7 Å². The summed E-state index contributed by atoms with van der Waals surface area (Å²) in [5.41, 5.74) is 1.14. The summed E-state index contributed by atoms with van der Waals surface area (Å²) in [5, 5.41) is 16.6. The van der Waals surface area contributed by atoms with E-state index in [2.05, 4.69) is 31.1 Å². The maximum absolute atomic E-state index is 8.75. The normalized spacial score (nSPS) is 12.0. The lowest BCUT2D eigenvalue weighted by Gasteiger charge is -2.17. The average Bonchev–Trinajstić information content (AvgIpc) is 2.64. The number of aromatic nitrogens is 3. The molecule has 0 aromatic carbocycles. The summed E-state index contributed by atoms with van der Waals surface area (Å²) in [6.07, 6.45) is 3.47. The molecule has 0 saturated heterocycles. The number of rotatable bonds is 7. The Labute approximate surface area is 103 Å². The summed E-state index contributed by atoms with van der Waals surface area (Å²) in [5.74, 6) is 0. The van der Waals surface area contributed by atoms with E-state index < -0.39 is 0 Å². The highest BCUT2D eigenvalue weighted by atomic mass is 16.5. The van der Waals surface area contributed by atoms with E-state index in [1.807, 2.05) is 6.20 Å². The highest BCUT2D eigenvalue weighted by Gasteiger charge is 2.09. The largest absolute Gasteiger partial charge is 0.396 e. The summed E-state index contributed by atoms with van der Waals surface area (Å²) >= 11 is 0. The van der Waals surface area contributed by atoms with Gasteiger partial charge >= 0.3 is 0 Å². The minimum absolute atomic E-state index is 0.112. The Morgan fingerprint density at radius 2 is 2.12 bits per heavy atom. The highest BCUT2D eigenvalue weighted by molar-refractivity contribution is 4.91. The highest BCUT2D eigenvalue weighted by Crippen LogP contribution is 2.17. The van der Waals surface area contributed by atoms with E-state index in [4.69, 9.17) is 9.84 Å². The fourth-order valence-corrected chi connectivity index (χ4v) is 1.32. The lowest BCUT2D eigenvalue weighted by Crippen LogP contribution is -2.12. The molecule has 0 unspecified atom stereocenters. The molecular formula is C12H23N3O2. The van der Waals surface area contributed by atoms with Gasteiger partial charge in [-0.05, 0) is 11.8 Å². The number of hydrogen-bond donors (Lipinski definition) is 1. The van der Waals surface area contributed by atoms with Crippen molar-refractivity contribution in [1.29, 1.82) is 0 Å². The number of aliphatic hydroxyl groups is 1. The van der Waals surface area contributed by atoms with Gasteiger partial charge in [0.05, 0.1) is 18.8 Å². The van der Waals surface area contributed by atoms with Crippen molar-refractivity contribution < 1.29 is 9.84 Å². The summed E-state index contributed by atoms with van der Waals surface area (Å²) < 4.78 is 7.30. The van der Waals surface area contributed by atoms with Crippen molar-refractivity contribution in [3.05, 3.63) is 11.9 Å². The average molecular weight is 241 g/mol. The molecule has 1 heterocycles. The van der Waals surface area contributed by atoms with Crippen LogP contribution in [0.3, 0.4) is 0 Å². The third-order valence-electron chi connectivity index (χ3n) is 2.42. The number of aliphatic hydroxyl groups excluding tert-OH is 1. The minimum atomic E-state index is 0.112. The van der Waals surface area contributed by atoms with E-state index in [0.717, 1.165) is 18.7 Å². The van der Waals surface area contributed by atoms with Crippen molar-refractivity contribution in [3.63, 3.8) is 0 Å². The van der Waals surface area contributed by atoms with Crippen LogP contribution < -0.4 is 0 Å². The predicted octanol–water partition coefficient (Wildman–Crippen LogP) is 1.27. The van der Waals surface area contributed by atoms with Crippen LogP contribution in [0.15, 0.2) is 6.20 Å². The van der Waals surface area contributed by atoms with Gasteiger partial charge in [0, 0.05) is 25.8 Å². The molecule has 5 heteroatoms. The lowest BCUT2D eigenvalue weighted by atomic mass is 9.93. The molecule has 0 aliphatic heterocycles. The summed E-state index contributed by atoms with van der Waals surface area (Å²) in [6.45, 7) is 8.86. The Hall–Kier alpha value is -0.940. The van der Waals surface area contributed by atoms with Gasteiger partial charge in [-0.2, -0.15) is 0 Å². The van der Waals surface area contributed by atoms with Gasteiger partial charge in [0.2, 0.25) is 0 Å². The summed E-state index contributed by atoms with van der Waals surface area (Å²) in [6, 6.07) is 0. The van der Waals surface area contributed by atoms with Gasteiger partial charge in [-0.15, -0.1) is 5.10 Å². The second-order valence-electron chi connectivity index (χ2n) is 5.37. The molecule has 1 N–H and O–H groups in total. The van der Waals surface area contributed by atoms with Crippen LogP contribution >= 0.6 is 0 Å². The Kier molecular flexibility index (Phi) is 5.58. The van der Waals surface area contributed by atoms with Crippen molar-refractivity contribution >= 4 is 0 Å². The molecule has 0 aliphatic carbocycles. The molecule has 1 aromatic heterocycles. The van der Waals surface area contributed by atoms with Crippen molar-refractivity contribution in [2.45, 2.75) is 40.2 Å². The first-order valence-corrected chi connectivity index (χ1v) is 6.09. The molecule has 1 aromatic rings. The van der Waals surface area contributed by atoms with Gasteiger partial charge in [-0.3, -0.25) is 0 Å². The van der Waals surface area contributed by atoms with Crippen LogP contribution in [0.2, 0.25) is 0 Å². The number of nitrogens with zero attached hydrogens (tertiary/aromatic N) is 3. The first-order valence-electron chi connectivity index (χ1n) is 6.09. The zero-order valence-electron chi connectivity index (χ0n) is 11.0. The predicted molar refractivity (Wildman–Crippen MR) is 65.7 cm³/mol. The minimum Gasteiger partial charge on any atom is -0.396 e. The molecule has 0 aliphatic rings. The first-order chi connectivity index (χ1) is 8.01. The van der Waals surface area contributed by atoms with Crippen molar-refractivity contribution in [2.24, 2.45) is 5.41 Å². The molecule has 17 heavy (non-hydrogen) atoms. The Balaban J connectivity index is 2.13. The van der Waals surface area contributed by atoms with Crippen LogP contribution in [0.25, 0.3) is 0 Å². The van der Waals surface area contributed by atoms with Crippen LogP contribution in [0, 0.1) is 5.41 Å². The molecule has 0 amide bonds. The Morgan fingerprint density at radius 3 is 2.76 bits per heavy atom. The van der Waals surface area contributed by atoms with Crippen LogP contribution in [-0.4, -0.2) is 39.9 Å². The van der Waals surface area contributed by atoms with Crippen LogP contribution in [0.5, 0.6) is 0 Å². The standard InChI is InChI=1S/C12H23N3O2/c1-12(2,3)5-8-17-9-6-15-10-11(4-7-16)13-14-15/h10,16H,4-9H2,1-3H3. The SMILES string of the molecule is CC(C)(C)CCOCCn1cc(CCO)nn1. The number of hydrogen-bond acceptors (Lipinski definition) is 4. The topological polar surface area (TPSA) is 60.2 Å². The zero-order chi connectivity index (χ0) is 12.7. The first kappa shape index (κ1) is 14.1. The van der Waals surface area contributed by atoms with Gasteiger partial charge in [0.25, 0.3) is 0 Å². The van der Waals surface area contributed by atoms with E-state index >= 15 is 0 Å². The Morgan fingerprint density at radius 1 is 1.35 bits per heavy atom. The molecule has 0 atom stereocenters. The third kappa shape index (κ3) is 6.38. The molecule has 0 bridgehead atoms. The summed E-state index contributed by atoms with van der Waals surface area (Å²) in [7, 11) is 0. The van der Waals surface area contributed by atoms with Gasteiger partial charge in [0.1, 0.15) is 0 Å². The summed E-state index contributed by atoms with van der Waals surface area (Å²) in [4.78, 5) is 0. The van der Waals surface area contributed by atoms with Crippen LogP contribution in [0.4, 0.5) is 0 Å². The maximum Gasteiger partial charge on any atom is 0.0849 e. The fraction of sp³-hybridized carbons (Fsp3) is 0.833. The molecule has 0 radical (unpaired) electrons. The molecule has 1 rings (SSSR count). The zero-order valence-corrected chi connectivity index (χ0v) is 11.0. The van der Waals surface area contributed by atoms with E-state index in [1.165, 1.54) is 0 Å². The number of ether oxygens (including phenoxy) is 1. The molecule has 0 spiro atoms. The van der Waals surface area contributed by atoms with Gasteiger partial charge in [-0.25, -0.2) is 4.68 Å². The second-order valence-corrected chi connectivity index (χ2v) is 5.37. The fourth-order valence-electron chi connectivity index (χ4n) is 1.32. The lowest BCUT2D eigenvalue weighted by molar-refractivity contribution is 0.0996. The van der Waals surface area contributed by atoms with E-state index in [-0.39, 0.29) is 6.61 Å². The molecule has 0 saturated carbocycles. The second kappa shape index (κ2) is 6.71. The molecule has 98 valence electrons. The van der Waals surface area contributed by atoms with Crippen LogP contribution in [0.1, 0.15) is 32.9 Å². The Bertz CT molecular complexity index is 318. The smallest absolute Gasteiger partial charge is 0.0849 e. The van der Waals surface area contributed by atoms with Gasteiger partial charge in [-0.1, -0.05) is 26.0 Å². The quantitative estimate of drug-likeness (QED) is 0.730. The van der Waals surface area contributed by atoms with E-state index in [9.17, 15) is 0 Å². The van der Waals surface area contributed by atoms with Gasteiger partial charge in [0.15, 0.2) is 0 Å². The van der Waals surface area contributed by atoms with Crippen molar-refractivity contribution in [1.82, 2.24) is 15.0 Å². The molecular weight excluding hydrogens is 218 g/mol. The maximum atomic E-state index is 8.75. The van der Waals surface area contributed by atoms with Gasteiger partial charge < -0.3 is 9.84 Å². The van der Waals surface area contributed by atoms with Crippen molar-refractivity contribution in [2.75, 3.05) is 19.8 Å². The molecule has 0 fully saturated rings. The van der Waals surface area contributed by atoms with E-state index in [1.54, 1.807) is 4.68 Å². The molecule has 5 nitrogen and oxygen atoms in total. The third-order valence-corrected chi connectivity index (χ3v) is 2.42. The van der Waals surface area contributed by atoms with E-state index in [0.29, 0.717) is 25.0 Å². The van der Waals surface area contributed by atoms with Crippen molar-refractivity contribution in [3.8, 4) is 0 Å². The monoisotopic (exact) mass is 241 g/mol.